The lowest BCUT2D eigenvalue weighted by Gasteiger charge is -2.54. The van der Waals surface area contributed by atoms with Crippen molar-refractivity contribution in [3.05, 3.63) is 58.7 Å². The third kappa shape index (κ3) is 5.03. The molecule has 3 aromatic rings. The number of carbonyl (C=O) groups excluding carboxylic acids is 1. The Bertz CT molecular complexity index is 1320. The van der Waals surface area contributed by atoms with Crippen molar-refractivity contribution >= 4 is 17.5 Å². The van der Waals surface area contributed by atoms with Crippen molar-refractivity contribution in [2.75, 3.05) is 27.3 Å². The average molecular weight is 549 g/mol. The molecule has 1 heterocycles. The van der Waals surface area contributed by atoms with Gasteiger partial charge >= 0.3 is 0 Å². The molecule has 8 heteroatoms. The van der Waals surface area contributed by atoms with E-state index in [0.29, 0.717) is 40.5 Å². The van der Waals surface area contributed by atoms with Crippen LogP contribution >= 0.6 is 11.6 Å². The predicted octanol–water partition coefficient (Wildman–Crippen LogP) is 5.66. The lowest BCUT2D eigenvalue weighted by Crippen LogP contribution is -2.55. The summed E-state index contributed by atoms with van der Waals surface area (Å²) in [6.45, 7) is 3.27. The minimum atomic E-state index is -0.180. The molecule has 2 aromatic carbocycles. The first-order valence-corrected chi connectivity index (χ1v) is 14.4. The van der Waals surface area contributed by atoms with Gasteiger partial charge in [-0.3, -0.25) is 4.79 Å². The maximum absolute atomic E-state index is 13.4. The van der Waals surface area contributed by atoms with E-state index in [-0.39, 0.29) is 5.91 Å². The van der Waals surface area contributed by atoms with Gasteiger partial charge in [-0.2, -0.15) is 5.10 Å². The first kappa shape index (κ1) is 26.2. The minimum absolute atomic E-state index is 0.180. The standard InChI is InChI=1S/C31H37ClN4O3/c1-18-28(31(37)34-11-10-33-29-22-13-19-12-20(15-22)16-23(29)14-19)35-36(30(18)21-4-6-24(32)7-5-21)26-9-8-25(38-2)17-27(26)39-3/h4-9,17,19-20,22-23,29,33H,10-16H2,1-3H3,(H,34,37). The van der Waals surface area contributed by atoms with Gasteiger partial charge in [-0.1, -0.05) is 23.7 Å². The van der Waals surface area contributed by atoms with Gasteiger partial charge in [-0.15, -0.1) is 0 Å². The summed E-state index contributed by atoms with van der Waals surface area (Å²) in [7, 11) is 3.23. The molecule has 206 valence electrons. The maximum Gasteiger partial charge on any atom is 0.272 e. The Morgan fingerprint density at radius 3 is 2.31 bits per heavy atom. The van der Waals surface area contributed by atoms with E-state index in [0.717, 1.165) is 47.0 Å². The summed E-state index contributed by atoms with van der Waals surface area (Å²) in [5.74, 6) is 4.65. The predicted molar refractivity (Wildman–Crippen MR) is 153 cm³/mol. The van der Waals surface area contributed by atoms with E-state index in [9.17, 15) is 4.79 Å². The fourth-order valence-electron chi connectivity index (χ4n) is 7.55. The van der Waals surface area contributed by atoms with Crippen LogP contribution in [0.4, 0.5) is 0 Å². The van der Waals surface area contributed by atoms with Crippen LogP contribution < -0.4 is 20.1 Å². The van der Waals surface area contributed by atoms with Crippen LogP contribution in [-0.4, -0.2) is 49.0 Å². The highest BCUT2D eigenvalue weighted by atomic mass is 35.5. The van der Waals surface area contributed by atoms with Crippen LogP contribution in [0.2, 0.25) is 5.02 Å². The van der Waals surface area contributed by atoms with E-state index in [1.165, 1.54) is 32.1 Å². The van der Waals surface area contributed by atoms with Crippen molar-refractivity contribution in [3.8, 4) is 28.4 Å². The lowest BCUT2D eigenvalue weighted by atomic mass is 9.54. The number of nitrogens with one attached hydrogen (secondary N) is 2. The Labute approximate surface area is 235 Å². The van der Waals surface area contributed by atoms with Gasteiger partial charge in [-0.25, -0.2) is 4.68 Å². The molecule has 7 nitrogen and oxygen atoms in total. The van der Waals surface area contributed by atoms with Crippen LogP contribution in [0.15, 0.2) is 42.5 Å². The molecule has 0 spiro atoms. The van der Waals surface area contributed by atoms with Crippen LogP contribution in [0.25, 0.3) is 16.9 Å². The minimum Gasteiger partial charge on any atom is -0.497 e. The summed E-state index contributed by atoms with van der Waals surface area (Å²) in [6.07, 6.45) is 7.00. The van der Waals surface area contributed by atoms with E-state index in [1.807, 2.05) is 49.4 Å². The van der Waals surface area contributed by atoms with Gasteiger partial charge in [0.1, 0.15) is 17.2 Å². The quantitative estimate of drug-likeness (QED) is 0.337. The molecular formula is C31H37ClN4O3. The number of rotatable bonds is 9. The van der Waals surface area contributed by atoms with Gasteiger partial charge in [0.2, 0.25) is 0 Å². The number of hydrogen-bond acceptors (Lipinski definition) is 5. The van der Waals surface area contributed by atoms with E-state index < -0.39 is 0 Å². The summed E-state index contributed by atoms with van der Waals surface area (Å²) in [5, 5.41) is 12.4. The second kappa shape index (κ2) is 10.9. The van der Waals surface area contributed by atoms with Crippen molar-refractivity contribution in [3.63, 3.8) is 0 Å². The largest absolute Gasteiger partial charge is 0.497 e. The molecule has 4 saturated carbocycles. The van der Waals surface area contributed by atoms with Crippen molar-refractivity contribution in [2.24, 2.45) is 23.7 Å². The van der Waals surface area contributed by atoms with E-state index in [2.05, 4.69) is 10.6 Å². The van der Waals surface area contributed by atoms with Gasteiger partial charge in [0.15, 0.2) is 5.69 Å². The fourth-order valence-corrected chi connectivity index (χ4v) is 7.68. The summed E-state index contributed by atoms with van der Waals surface area (Å²) >= 11 is 6.17. The lowest BCUT2D eigenvalue weighted by molar-refractivity contribution is -0.0133. The van der Waals surface area contributed by atoms with E-state index in [1.54, 1.807) is 18.9 Å². The molecule has 4 aliphatic rings. The number of hydrogen-bond donors (Lipinski definition) is 2. The van der Waals surface area contributed by atoms with Gasteiger partial charge in [0.25, 0.3) is 5.91 Å². The highest BCUT2D eigenvalue weighted by molar-refractivity contribution is 6.30. The zero-order valence-corrected chi connectivity index (χ0v) is 23.6. The van der Waals surface area contributed by atoms with Gasteiger partial charge in [-0.05, 0) is 87.0 Å². The Morgan fingerprint density at radius 2 is 1.67 bits per heavy atom. The SMILES string of the molecule is COc1ccc(-n2nc(C(=O)NCCNC3C4CC5CC(C4)CC3C5)c(C)c2-c2ccc(Cl)cc2)c(OC)c1. The highest BCUT2D eigenvalue weighted by Crippen LogP contribution is 2.53. The van der Waals surface area contributed by atoms with Gasteiger partial charge in [0, 0.05) is 41.3 Å². The molecule has 4 fully saturated rings. The van der Waals surface area contributed by atoms with Crippen LogP contribution in [0.3, 0.4) is 0 Å². The Kier molecular flexibility index (Phi) is 7.29. The molecule has 0 unspecified atom stereocenters. The Morgan fingerprint density at radius 1 is 0.974 bits per heavy atom. The first-order valence-electron chi connectivity index (χ1n) is 14.0. The van der Waals surface area contributed by atoms with Crippen molar-refractivity contribution in [1.29, 1.82) is 0 Å². The molecule has 0 atom stereocenters. The van der Waals surface area contributed by atoms with Crippen LogP contribution in [-0.2, 0) is 0 Å². The zero-order chi connectivity index (χ0) is 27.1. The molecule has 0 aliphatic heterocycles. The smallest absolute Gasteiger partial charge is 0.272 e. The molecule has 4 aliphatic carbocycles. The molecular weight excluding hydrogens is 512 g/mol. The van der Waals surface area contributed by atoms with Crippen LogP contribution in [0, 0.1) is 30.6 Å². The number of halogens is 1. The first-order chi connectivity index (χ1) is 18.9. The van der Waals surface area contributed by atoms with Crippen molar-refractivity contribution in [2.45, 2.75) is 45.1 Å². The molecule has 0 saturated heterocycles. The van der Waals surface area contributed by atoms with Crippen LogP contribution in [0.5, 0.6) is 11.5 Å². The van der Waals surface area contributed by atoms with Crippen molar-refractivity contribution in [1.82, 2.24) is 20.4 Å². The number of aromatic nitrogens is 2. The third-order valence-corrected chi connectivity index (χ3v) is 9.34. The van der Waals surface area contributed by atoms with E-state index in [4.69, 9.17) is 26.2 Å². The third-order valence-electron chi connectivity index (χ3n) is 9.09. The average Bonchev–Trinajstić information content (AvgIpc) is 3.28. The monoisotopic (exact) mass is 548 g/mol. The number of benzene rings is 2. The normalized spacial score (nSPS) is 25.1. The summed E-state index contributed by atoms with van der Waals surface area (Å²) in [6, 6.07) is 13.7. The summed E-state index contributed by atoms with van der Waals surface area (Å²) < 4.78 is 12.8. The number of ether oxygens (including phenoxy) is 2. The van der Waals surface area contributed by atoms with Crippen molar-refractivity contribution < 1.29 is 14.3 Å². The second-order valence-electron chi connectivity index (χ2n) is 11.4. The fraction of sp³-hybridized carbons (Fsp3) is 0.484. The zero-order valence-electron chi connectivity index (χ0n) is 22.9. The number of carbonyl (C=O) groups is 1. The molecule has 2 N–H and O–H groups in total. The highest BCUT2D eigenvalue weighted by Gasteiger charge is 2.47. The topological polar surface area (TPSA) is 77.4 Å². The second-order valence-corrected chi connectivity index (χ2v) is 11.9. The summed E-state index contributed by atoms with van der Waals surface area (Å²) in [5.41, 5.74) is 3.62. The van der Waals surface area contributed by atoms with Crippen LogP contribution in [0.1, 0.15) is 48.2 Å². The Balaban J connectivity index is 1.21. The maximum atomic E-state index is 13.4. The molecule has 4 bridgehead atoms. The van der Waals surface area contributed by atoms with E-state index >= 15 is 0 Å². The molecule has 39 heavy (non-hydrogen) atoms. The Hall–Kier alpha value is -3.03. The number of amides is 1. The molecule has 1 amide bonds. The van der Waals surface area contributed by atoms with Gasteiger partial charge in [0.05, 0.1) is 19.9 Å². The molecule has 1 aromatic heterocycles. The molecule has 0 radical (unpaired) electrons. The number of methoxy groups -OCH3 is 2. The molecule has 7 rings (SSSR count). The summed E-state index contributed by atoms with van der Waals surface area (Å²) in [4.78, 5) is 13.4. The number of nitrogens with zero attached hydrogens (tertiary/aromatic N) is 2. The van der Waals surface area contributed by atoms with Gasteiger partial charge < -0.3 is 20.1 Å².